The number of Topliss-reactive ketones (excluding diaryl/α,β-unsaturated/α-hetero) is 1. The number of rotatable bonds is 11. The van der Waals surface area contributed by atoms with E-state index in [1.807, 2.05) is 6.08 Å². The van der Waals surface area contributed by atoms with E-state index in [0.29, 0.717) is 37.7 Å². The van der Waals surface area contributed by atoms with E-state index in [9.17, 15) is 14.4 Å². The van der Waals surface area contributed by atoms with Gasteiger partial charge in [-0.1, -0.05) is 18.2 Å². The van der Waals surface area contributed by atoms with E-state index >= 15 is 0 Å². The van der Waals surface area contributed by atoms with Gasteiger partial charge in [-0.25, -0.2) is 4.89 Å². The molecule has 0 saturated carbocycles. The fourth-order valence-electron chi connectivity index (χ4n) is 3.27. The van der Waals surface area contributed by atoms with Gasteiger partial charge in [0.1, 0.15) is 12.4 Å². The number of esters is 2. The molecule has 2 unspecified atom stereocenters. The van der Waals surface area contributed by atoms with E-state index in [1.54, 1.807) is 13.8 Å². The second kappa shape index (κ2) is 11.1. The number of ketones is 1. The van der Waals surface area contributed by atoms with E-state index < -0.39 is 29.4 Å². The third kappa shape index (κ3) is 7.56. The quantitative estimate of drug-likeness (QED) is 0.246. The molecule has 0 amide bonds. The smallest absolute Gasteiger partial charge is 0.314 e. The molecule has 0 aromatic rings. The lowest BCUT2D eigenvalue weighted by Crippen LogP contribution is -2.37. The average Bonchev–Trinajstić information content (AvgIpc) is 2.63. The van der Waals surface area contributed by atoms with E-state index in [4.69, 9.17) is 14.7 Å². The topological polar surface area (TPSA) is 99.1 Å². The number of ether oxygens (including phenoxy) is 2. The number of hydrogen-bond donors (Lipinski definition) is 1. The fourth-order valence-corrected chi connectivity index (χ4v) is 3.27. The Morgan fingerprint density at radius 2 is 2.04 bits per heavy atom. The highest BCUT2D eigenvalue weighted by molar-refractivity contribution is 5.80. The summed E-state index contributed by atoms with van der Waals surface area (Å²) in [7, 11) is 1.31. The Kier molecular flexibility index (Phi) is 9.55. The minimum absolute atomic E-state index is 0.0493. The molecule has 28 heavy (non-hydrogen) atoms. The molecule has 0 aromatic heterocycles. The first-order chi connectivity index (χ1) is 13.1. The lowest BCUT2D eigenvalue weighted by atomic mass is 9.76. The van der Waals surface area contributed by atoms with Gasteiger partial charge in [-0.2, -0.15) is 0 Å². The summed E-state index contributed by atoms with van der Waals surface area (Å²) in [5, 5.41) is 8.92. The Hall–Kier alpha value is -1.99. The highest BCUT2D eigenvalue weighted by atomic mass is 17.1. The zero-order valence-electron chi connectivity index (χ0n) is 17.3. The summed E-state index contributed by atoms with van der Waals surface area (Å²) in [6.07, 6.45) is 4.64. The molecule has 7 heteroatoms. The number of carbonyl (C=O) groups excluding carboxylic acids is 3. The molecule has 0 radical (unpaired) electrons. The molecule has 1 aliphatic rings. The number of allylic oxidation sites excluding steroid dienone is 1. The molecular formula is C21H32O7. The molecule has 1 heterocycles. The maximum Gasteiger partial charge on any atom is 0.314 e. The van der Waals surface area contributed by atoms with Crippen molar-refractivity contribution >= 4 is 17.7 Å². The first kappa shape index (κ1) is 24.0. The number of hydrogen-bond acceptors (Lipinski definition) is 7. The molecule has 2 atom stereocenters. The van der Waals surface area contributed by atoms with E-state index in [0.717, 1.165) is 5.57 Å². The fraction of sp³-hybridized carbons (Fsp3) is 0.667. The van der Waals surface area contributed by atoms with Crippen molar-refractivity contribution in [2.45, 2.75) is 64.9 Å². The molecule has 0 bridgehead atoms. The van der Waals surface area contributed by atoms with Crippen molar-refractivity contribution in [1.82, 2.24) is 0 Å². The van der Waals surface area contributed by atoms with Crippen LogP contribution in [0.3, 0.4) is 0 Å². The van der Waals surface area contributed by atoms with Crippen LogP contribution in [0, 0.1) is 11.8 Å². The van der Waals surface area contributed by atoms with Crippen molar-refractivity contribution in [3.63, 3.8) is 0 Å². The summed E-state index contributed by atoms with van der Waals surface area (Å²) in [6, 6.07) is 0. The van der Waals surface area contributed by atoms with Gasteiger partial charge >= 0.3 is 11.9 Å². The summed E-state index contributed by atoms with van der Waals surface area (Å²) >= 11 is 0. The van der Waals surface area contributed by atoms with Gasteiger partial charge in [0.2, 0.25) is 0 Å². The van der Waals surface area contributed by atoms with Crippen LogP contribution in [0.5, 0.6) is 0 Å². The zero-order valence-corrected chi connectivity index (χ0v) is 17.3. The van der Waals surface area contributed by atoms with Gasteiger partial charge in [-0.3, -0.25) is 14.8 Å². The van der Waals surface area contributed by atoms with Gasteiger partial charge in [-0.15, -0.1) is 0 Å². The Morgan fingerprint density at radius 3 is 2.61 bits per heavy atom. The van der Waals surface area contributed by atoms with Gasteiger partial charge in [0.05, 0.1) is 25.0 Å². The first-order valence-electron chi connectivity index (χ1n) is 9.53. The molecule has 158 valence electrons. The molecular weight excluding hydrogens is 364 g/mol. The van der Waals surface area contributed by atoms with Crippen molar-refractivity contribution in [2.24, 2.45) is 11.8 Å². The molecule has 0 spiro atoms. The summed E-state index contributed by atoms with van der Waals surface area (Å²) in [5.74, 6) is -1.77. The minimum atomic E-state index is -0.698. The SMILES string of the molecule is C=C(CCCC(C)=O)C1C(=O)OCC(=CCCC(C)(C)OO)C1CC(=O)OC. The highest BCUT2D eigenvalue weighted by Crippen LogP contribution is 2.37. The predicted molar refractivity (Wildman–Crippen MR) is 103 cm³/mol. The molecule has 1 aliphatic heterocycles. The maximum atomic E-state index is 12.5. The Morgan fingerprint density at radius 1 is 1.36 bits per heavy atom. The van der Waals surface area contributed by atoms with Crippen LogP contribution in [-0.2, 0) is 28.7 Å². The molecule has 0 aliphatic carbocycles. The standard InChI is InChI=1S/C21H32O7/c1-14(8-6-9-15(2)22)19-17(12-18(23)26-5)16(13-27-20(19)24)10-7-11-21(3,4)28-25/h10,17,19,25H,1,6-9,11-13H2,2-5H3. The van der Waals surface area contributed by atoms with E-state index in [1.165, 1.54) is 14.0 Å². The van der Waals surface area contributed by atoms with Gasteiger partial charge in [0.15, 0.2) is 0 Å². The van der Waals surface area contributed by atoms with Gasteiger partial charge in [0, 0.05) is 12.3 Å². The van der Waals surface area contributed by atoms with Crippen molar-refractivity contribution in [3.05, 3.63) is 23.8 Å². The highest BCUT2D eigenvalue weighted by Gasteiger charge is 2.39. The molecule has 1 fully saturated rings. The lowest BCUT2D eigenvalue weighted by Gasteiger charge is -2.33. The molecule has 1 saturated heterocycles. The predicted octanol–water partition coefficient (Wildman–Crippen LogP) is 3.63. The normalized spacial score (nSPS) is 21.3. The second-order valence-corrected chi connectivity index (χ2v) is 7.85. The van der Waals surface area contributed by atoms with Crippen LogP contribution < -0.4 is 0 Å². The van der Waals surface area contributed by atoms with Crippen LogP contribution in [0.4, 0.5) is 0 Å². The zero-order chi connectivity index (χ0) is 21.3. The van der Waals surface area contributed by atoms with Gasteiger partial charge < -0.3 is 14.3 Å². The Labute approximate surface area is 166 Å². The van der Waals surface area contributed by atoms with Gasteiger partial charge in [-0.05, 0) is 52.0 Å². The van der Waals surface area contributed by atoms with E-state index in [2.05, 4.69) is 11.5 Å². The lowest BCUT2D eigenvalue weighted by molar-refractivity contribution is -0.313. The average molecular weight is 396 g/mol. The van der Waals surface area contributed by atoms with Crippen molar-refractivity contribution in [3.8, 4) is 0 Å². The number of carbonyl (C=O) groups is 3. The second-order valence-electron chi connectivity index (χ2n) is 7.85. The summed E-state index contributed by atoms with van der Waals surface area (Å²) in [6.45, 7) is 9.19. The van der Waals surface area contributed by atoms with E-state index in [-0.39, 0.29) is 18.8 Å². The van der Waals surface area contributed by atoms with Crippen LogP contribution in [0.1, 0.15) is 59.3 Å². The molecule has 1 N–H and O–H groups in total. The van der Waals surface area contributed by atoms with Crippen LogP contribution in [0.15, 0.2) is 23.8 Å². The Bertz CT molecular complexity index is 618. The van der Waals surface area contributed by atoms with Crippen LogP contribution >= 0.6 is 0 Å². The number of cyclic esters (lactones) is 1. The summed E-state index contributed by atoms with van der Waals surface area (Å²) in [4.78, 5) is 40.0. The van der Waals surface area contributed by atoms with Crippen LogP contribution in [0.2, 0.25) is 0 Å². The van der Waals surface area contributed by atoms with Gasteiger partial charge in [0.25, 0.3) is 0 Å². The maximum absolute atomic E-state index is 12.5. The van der Waals surface area contributed by atoms with Crippen LogP contribution in [0.25, 0.3) is 0 Å². The minimum Gasteiger partial charge on any atom is -0.469 e. The van der Waals surface area contributed by atoms with Crippen molar-refractivity contribution in [1.29, 1.82) is 0 Å². The molecule has 0 aromatic carbocycles. The number of methoxy groups -OCH3 is 1. The third-order valence-corrected chi connectivity index (χ3v) is 4.99. The van der Waals surface area contributed by atoms with Crippen molar-refractivity contribution in [2.75, 3.05) is 13.7 Å². The first-order valence-corrected chi connectivity index (χ1v) is 9.53. The van der Waals surface area contributed by atoms with Crippen LogP contribution in [-0.4, -0.2) is 42.3 Å². The third-order valence-electron chi connectivity index (χ3n) is 4.99. The summed E-state index contributed by atoms with van der Waals surface area (Å²) < 4.78 is 10.1. The molecule has 7 nitrogen and oxygen atoms in total. The molecule has 1 rings (SSSR count). The van der Waals surface area contributed by atoms with Crippen molar-refractivity contribution < 1.29 is 34.0 Å². The largest absolute Gasteiger partial charge is 0.469 e. The monoisotopic (exact) mass is 396 g/mol. The Balaban J connectivity index is 2.99. The summed E-state index contributed by atoms with van der Waals surface area (Å²) in [5.41, 5.74) is 0.789.